The quantitative estimate of drug-likeness (QED) is 0.263. The van der Waals surface area contributed by atoms with Crippen molar-refractivity contribution in [3.63, 3.8) is 0 Å². The predicted octanol–water partition coefficient (Wildman–Crippen LogP) is 8.10. The molecule has 0 aliphatic heterocycles. The Kier molecular flexibility index (Phi) is 2.78. The normalized spacial score (nSPS) is 24.8. The number of nitrogens with zero attached hydrogens (tertiary/aromatic N) is 3. The summed E-state index contributed by atoms with van der Waals surface area (Å²) in [6.45, 7) is 0. The van der Waals surface area contributed by atoms with Crippen LogP contribution in [0.1, 0.15) is 60.9 Å². The highest BCUT2D eigenvalue weighted by Gasteiger charge is 2.43. The molecule has 1 heterocycles. The topological polar surface area (TPSA) is 38.7 Å². The smallest absolute Gasteiger partial charge is 0.164 e. The van der Waals surface area contributed by atoms with E-state index >= 15 is 0 Å². The Morgan fingerprint density at radius 3 is 1.81 bits per heavy atom. The van der Waals surface area contributed by atoms with E-state index in [1.807, 2.05) is 0 Å². The average molecular weight is 479 g/mol. The summed E-state index contributed by atoms with van der Waals surface area (Å²) < 4.78 is 117. The Balaban J connectivity index is 1.65. The van der Waals surface area contributed by atoms with Crippen molar-refractivity contribution in [3.05, 3.63) is 114 Å². The molecule has 1 fully saturated rings. The van der Waals surface area contributed by atoms with Crippen LogP contribution in [0, 0.1) is 0 Å². The third-order valence-electron chi connectivity index (χ3n) is 6.38. The van der Waals surface area contributed by atoms with E-state index < -0.39 is 90.8 Å². The molecule has 0 saturated heterocycles. The first-order valence-electron chi connectivity index (χ1n) is 18.1. The first-order chi connectivity index (χ1) is 22.9. The molecule has 7 rings (SSSR count). The monoisotopic (exact) mass is 478 g/mol. The highest BCUT2D eigenvalue weighted by atomic mass is 15.0. The molecular formula is C33H27N3. The molecule has 0 N–H and O–H groups in total. The first kappa shape index (κ1) is 11.7. The van der Waals surface area contributed by atoms with E-state index in [1.54, 1.807) is 60.7 Å². The van der Waals surface area contributed by atoms with Gasteiger partial charge >= 0.3 is 0 Å². The first-order valence-corrected chi connectivity index (χ1v) is 11.6. The Morgan fingerprint density at radius 1 is 0.611 bits per heavy atom. The van der Waals surface area contributed by atoms with E-state index in [0.717, 1.165) is 0 Å². The lowest BCUT2D eigenvalue weighted by Gasteiger charge is -2.36. The predicted molar refractivity (Wildman–Crippen MR) is 145 cm³/mol. The van der Waals surface area contributed by atoms with E-state index in [2.05, 4.69) is 15.0 Å². The lowest BCUT2D eigenvalue weighted by Crippen LogP contribution is -2.28. The van der Waals surface area contributed by atoms with Crippen LogP contribution in [0.15, 0.2) is 103 Å². The Bertz CT molecular complexity index is 2110. The lowest BCUT2D eigenvalue weighted by molar-refractivity contribution is 0.353. The Hall–Kier alpha value is -4.11. The fraction of sp³-hybridized carbons (Fsp3) is 0.182. The standard InChI is InChI=1S/C33H27N3/c1-4-12-23(13-5-1)30-34-31(24-14-6-2-7-15-24)36-32(35-30)25-18-19-27-26-16-8-9-17-28(26)33(29(27)22-25)20-10-3-11-21-33/h1-2,4-9,12-19,22H,3,10-11,20-21H2/i3D2,8D,9D,16D,17D,18D,19D,20D2,21D2,22D. The van der Waals surface area contributed by atoms with Gasteiger partial charge in [0.05, 0.1) is 9.60 Å². The van der Waals surface area contributed by atoms with Crippen molar-refractivity contribution < 1.29 is 17.8 Å². The molecular weight excluding hydrogens is 438 g/mol. The van der Waals surface area contributed by atoms with E-state index in [4.69, 9.17) is 9.60 Å². The van der Waals surface area contributed by atoms with Gasteiger partial charge < -0.3 is 0 Å². The van der Waals surface area contributed by atoms with E-state index in [9.17, 15) is 8.22 Å². The van der Waals surface area contributed by atoms with Crippen molar-refractivity contribution in [1.82, 2.24) is 15.0 Å². The van der Waals surface area contributed by atoms with E-state index in [0.29, 0.717) is 11.1 Å². The molecule has 4 aromatic carbocycles. The second kappa shape index (κ2) is 8.53. The molecule has 0 radical (unpaired) electrons. The van der Waals surface area contributed by atoms with Crippen LogP contribution in [0.25, 0.3) is 45.3 Å². The summed E-state index contributed by atoms with van der Waals surface area (Å²) in [7, 11) is 0. The van der Waals surface area contributed by atoms with Gasteiger partial charge in [-0.1, -0.05) is 116 Å². The summed E-state index contributed by atoms with van der Waals surface area (Å²) >= 11 is 0. The summed E-state index contributed by atoms with van der Waals surface area (Å²) in [4.78, 5) is 13.8. The molecule has 1 spiro atoms. The van der Waals surface area contributed by atoms with Crippen molar-refractivity contribution in [2.45, 2.75) is 37.4 Å². The summed E-state index contributed by atoms with van der Waals surface area (Å²) in [5.74, 6) is 0.116. The highest BCUT2D eigenvalue weighted by molar-refractivity contribution is 5.83. The average Bonchev–Trinajstić information content (AvgIpc) is 3.40. The van der Waals surface area contributed by atoms with Crippen LogP contribution in [-0.2, 0) is 5.41 Å². The fourth-order valence-corrected chi connectivity index (χ4v) is 4.68. The summed E-state index contributed by atoms with van der Waals surface area (Å²) in [5.41, 5.74) is -3.58. The summed E-state index contributed by atoms with van der Waals surface area (Å²) in [5, 5.41) is 0. The van der Waals surface area contributed by atoms with Gasteiger partial charge in [-0.25, -0.2) is 15.0 Å². The third kappa shape index (κ3) is 3.38. The van der Waals surface area contributed by atoms with Crippen molar-refractivity contribution in [1.29, 1.82) is 0 Å². The molecule has 0 unspecified atom stereocenters. The lowest BCUT2D eigenvalue weighted by atomic mass is 9.67. The van der Waals surface area contributed by atoms with Gasteiger partial charge in [0.25, 0.3) is 0 Å². The van der Waals surface area contributed by atoms with Crippen LogP contribution >= 0.6 is 0 Å². The fourth-order valence-electron chi connectivity index (χ4n) is 4.68. The molecule has 174 valence electrons. The summed E-state index contributed by atoms with van der Waals surface area (Å²) in [6, 6.07) is 12.9. The van der Waals surface area contributed by atoms with Crippen LogP contribution in [0.2, 0.25) is 0 Å². The van der Waals surface area contributed by atoms with Gasteiger partial charge in [-0.15, -0.1) is 0 Å². The van der Waals surface area contributed by atoms with Crippen LogP contribution in [0.5, 0.6) is 0 Å². The van der Waals surface area contributed by atoms with E-state index in [-0.39, 0.29) is 34.2 Å². The van der Waals surface area contributed by atoms with Crippen LogP contribution < -0.4 is 0 Å². The third-order valence-corrected chi connectivity index (χ3v) is 6.38. The highest BCUT2D eigenvalue weighted by Crippen LogP contribution is 2.56. The number of benzene rings is 4. The molecule has 0 bridgehead atoms. The number of hydrogen-bond acceptors (Lipinski definition) is 3. The van der Waals surface area contributed by atoms with Gasteiger partial charge in [0.2, 0.25) is 0 Å². The molecule has 2 aliphatic carbocycles. The molecule has 36 heavy (non-hydrogen) atoms. The molecule has 3 nitrogen and oxygen atoms in total. The number of rotatable bonds is 3. The van der Waals surface area contributed by atoms with Crippen LogP contribution in [0.3, 0.4) is 0 Å². The van der Waals surface area contributed by atoms with Gasteiger partial charge in [0.15, 0.2) is 17.5 Å². The molecule has 0 atom stereocenters. The summed E-state index contributed by atoms with van der Waals surface area (Å²) in [6.07, 6.45) is -9.87. The zero-order valence-electron chi connectivity index (χ0n) is 32.0. The largest absolute Gasteiger partial charge is 0.208 e. The van der Waals surface area contributed by atoms with Gasteiger partial charge in [-0.3, -0.25) is 0 Å². The molecule has 2 aliphatic rings. The maximum atomic E-state index is 9.64. The maximum Gasteiger partial charge on any atom is 0.164 e. The molecule has 0 amide bonds. The minimum absolute atomic E-state index is 0.171. The van der Waals surface area contributed by atoms with Crippen LogP contribution in [0.4, 0.5) is 0 Å². The maximum absolute atomic E-state index is 9.64. The zero-order chi connectivity index (χ0) is 35.4. The minimum Gasteiger partial charge on any atom is -0.208 e. The minimum atomic E-state index is -2.89. The number of hydrogen-bond donors (Lipinski definition) is 0. The van der Waals surface area contributed by atoms with Crippen molar-refractivity contribution in [2.24, 2.45) is 0 Å². The van der Waals surface area contributed by atoms with Gasteiger partial charge in [0.1, 0.15) is 0 Å². The number of fused-ring (bicyclic) bond motifs is 5. The van der Waals surface area contributed by atoms with Crippen LogP contribution in [-0.4, -0.2) is 15.0 Å². The van der Waals surface area contributed by atoms with Gasteiger partial charge in [0, 0.05) is 30.3 Å². The van der Waals surface area contributed by atoms with Gasteiger partial charge in [-0.05, 0) is 41.0 Å². The van der Waals surface area contributed by atoms with Crippen molar-refractivity contribution in [2.75, 3.05) is 0 Å². The number of aromatic nitrogens is 3. The zero-order valence-corrected chi connectivity index (χ0v) is 19.0. The van der Waals surface area contributed by atoms with Crippen molar-refractivity contribution >= 4 is 0 Å². The Morgan fingerprint density at radius 2 is 1.17 bits per heavy atom. The second-order valence-corrected chi connectivity index (χ2v) is 8.50. The van der Waals surface area contributed by atoms with E-state index in [1.165, 1.54) is 0 Å². The molecule has 5 aromatic rings. The molecule has 1 saturated carbocycles. The second-order valence-electron chi connectivity index (χ2n) is 8.50. The Labute approximate surface area is 230 Å². The SMILES string of the molecule is [2H]c1c([2H])c([2H])c2c(c1[2H])-c1c([2H])c([2H])c(-c3nc(-c4ccccc4)nc(-c4ccccc4)n3)c([2H])c1C21C([2H])([2H])CC([2H])([2H])CC1([2H])[2H]. The van der Waals surface area contributed by atoms with Crippen molar-refractivity contribution in [3.8, 4) is 45.3 Å². The molecule has 3 heteroatoms. The van der Waals surface area contributed by atoms with Gasteiger partial charge in [-0.2, -0.15) is 0 Å². The molecule has 1 aromatic heterocycles.